The van der Waals surface area contributed by atoms with E-state index in [4.69, 9.17) is 19.4 Å². The van der Waals surface area contributed by atoms with E-state index in [2.05, 4.69) is 47.1 Å². The predicted molar refractivity (Wildman–Crippen MR) is 267 cm³/mol. The third-order valence-corrected chi connectivity index (χ3v) is 16.3. The lowest BCUT2D eigenvalue weighted by Crippen LogP contribution is -2.61. The van der Waals surface area contributed by atoms with Crippen LogP contribution in [0.3, 0.4) is 0 Å². The third kappa shape index (κ3) is 8.59. The number of nitrogens with zero attached hydrogens (tertiary/aromatic N) is 7. The van der Waals surface area contributed by atoms with Crippen LogP contribution in [-0.4, -0.2) is 112 Å². The van der Waals surface area contributed by atoms with E-state index in [0.29, 0.717) is 49.7 Å². The summed E-state index contributed by atoms with van der Waals surface area (Å²) in [5, 5.41) is 11.1. The Balaban J connectivity index is 1.14. The van der Waals surface area contributed by atoms with Gasteiger partial charge in [0.05, 0.1) is 28.1 Å². The molecule has 0 aliphatic carbocycles. The van der Waals surface area contributed by atoms with Gasteiger partial charge in [0.1, 0.15) is 5.52 Å². The molecule has 0 spiro atoms. The Labute approximate surface area is 402 Å². The van der Waals surface area contributed by atoms with Gasteiger partial charge < -0.3 is 28.9 Å². The van der Waals surface area contributed by atoms with Gasteiger partial charge in [0.25, 0.3) is 15.6 Å². The van der Waals surface area contributed by atoms with Crippen molar-refractivity contribution in [1.29, 1.82) is 0 Å². The molecule has 358 valence electrons. The van der Waals surface area contributed by atoms with Crippen LogP contribution in [0.4, 0.5) is 10.7 Å². The summed E-state index contributed by atoms with van der Waals surface area (Å²) in [6.07, 6.45) is 6.47. The van der Waals surface area contributed by atoms with Crippen LogP contribution >= 0.6 is 0 Å². The first-order chi connectivity index (χ1) is 33.3. The fraction of sp³-hybridized carbons (Fsp3) is 0.370. The van der Waals surface area contributed by atoms with Crippen molar-refractivity contribution < 1.29 is 27.8 Å². The zero-order valence-corrected chi connectivity index (χ0v) is 40.4. The molecule has 3 aliphatic heterocycles. The van der Waals surface area contributed by atoms with Crippen LogP contribution in [0.25, 0.3) is 32.9 Å². The molecule has 15 heteroatoms. The van der Waals surface area contributed by atoms with E-state index in [0.717, 1.165) is 74.9 Å². The van der Waals surface area contributed by atoms with Crippen LogP contribution in [0.2, 0.25) is 0 Å². The minimum atomic E-state index is -4.12. The minimum Gasteiger partial charge on any atom is -0.465 e. The van der Waals surface area contributed by atoms with Gasteiger partial charge in [0, 0.05) is 86.7 Å². The maximum absolute atomic E-state index is 14.2. The number of hydrogen-bond donors (Lipinski definition) is 1. The molecule has 6 heterocycles. The fourth-order valence-electron chi connectivity index (χ4n) is 10.8. The summed E-state index contributed by atoms with van der Waals surface area (Å²) in [4.78, 5) is 43.4. The summed E-state index contributed by atoms with van der Waals surface area (Å²) in [5.74, 6) is 0.605. The highest BCUT2D eigenvalue weighted by Gasteiger charge is 2.43. The normalized spacial score (nSPS) is 19.9. The molecule has 3 atom stereocenters. The molecule has 3 fully saturated rings. The van der Waals surface area contributed by atoms with Crippen molar-refractivity contribution in [2.75, 3.05) is 44.3 Å². The van der Waals surface area contributed by atoms with Gasteiger partial charge in [0.2, 0.25) is 5.95 Å². The second-order valence-corrected chi connectivity index (χ2v) is 20.9. The summed E-state index contributed by atoms with van der Waals surface area (Å²) in [7, 11) is -2.48. The van der Waals surface area contributed by atoms with E-state index >= 15 is 0 Å². The zero-order chi connectivity index (χ0) is 48.0. The molecule has 1 N–H and O–H groups in total. The highest BCUT2D eigenvalue weighted by molar-refractivity contribution is 7.90. The van der Waals surface area contributed by atoms with Crippen LogP contribution in [0.1, 0.15) is 68.3 Å². The molecule has 0 bridgehead atoms. The SMILES string of the molecule is Cc1ccc(S(=O)(=O)n2ccc3c(-c4ccc5nc(N6CCC(N7C[C@@H](C)N(C(=O)O)C[C@@H]7C)CC6)nc(C(COC6CCCCO6)(c6ccccc6)c6ccccc6)c5c4)cn(C)c(=O)c32)cc1. The molecule has 14 nitrogen and oxygen atoms in total. The molecule has 3 aliphatic rings. The number of fused-ring (bicyclic) bond motifs is 2. The molecule has 7 aromatic rings. The molecule has 3 aromatic heterocycles. The number of anilines is 1. The van der Waals surface area contributed by atoms with Gasteiger partial charge in [-0.1, -0.05) is 84.4 Å². The number of ether oxygens (including phenoxy) is 2. The summed E-state index contributed by atoms with van der Waals surface area (Å²) < 4.78 is 44.0. The average Bonchev–Trinajstić information content (AvgIpc) is 3.84. The third-order valence-electron chi connectivity index (χ3n) is 14.6. The quantitative estimate of drug-likeness (QED) is 0.133. The van der Waals surface area contributed by atoms with Crippen molar-refractivity contribution in [2.24, 2.45) is 7.05 Å². The molecule has 0 saturated carbocycles. The van der Waals surface area contributed by atoms with Crippen molar-refractivity contribution in [3.8, 4) is 11.1 Å². The molecule has 1 unspecified atom stereocenters. The summed E-state index contributed by atoms with van der Waals surface area (Å²) in [5.41, 5.74) is 4.42. The largest absolute Gasteiger partial charge is 0.465 e. The van der Waals surface area contributed by atoms with E-state index < -0.39 is 33.4 Å². The monoisotopic (exact) mass is 949 g/mol. The Morgan fingerprint density at radius 2 is 1.54 bits per heavy atom. The first kappa shape index (κ1) is 46.3. The number of aryl methyl sites for hydroxylation is 2. The van der Waals surface area contributed by atoms with Crippen molar-refractivity contribution in [3.05, 3.63) is 154 Å². The Morgan fingerprint density at radius 1 is 0.841 bits per heavy atom. The second-order valence-electron chi connectivity index (χ2n) is 19.0. The molecule has 0 radical (unpaired) electrons. The lowest BCUT2D eigenvalue weighted by Gasteiger charge is -2.48. The van der Waals surface area contributed by atoms with Crippen LogP contribution in [0.5, 0.6) is 0 Å². The van der Waals surface area contributed by atoms with Crippen molar-refractivity contribution in [2.45, 2.75) is 87.6 Å². The predicted octanol–water partition coefficient (Wildman–Crippen LogP) is 8.41. The second kappa shape index (κ2) is 18.8. The summed E-state index contributed by atoms with van der Waals surface area (Å²) in [6.45, 7) is 9.44. The van der Waals surface area contributed by atoms with E-state index in [1.165, 1.54) is 10.8 Å². The number of carbonyl (C=O) groups is 1. The minimum absolute atomic E-state index is 0.0577. The van der Waals surface area contributed by atoms with Crippen LogP contribution < -0.4 is 10.5 Å². The van der Waals surface area contributed by atoms with E-state index in [1.54, 1.807) is 48.5 Å². The Hall–Kier alpha value is -6.39. The van der Waals surface area contributed by atoms with Crippen molar-refractivity contribution in [3.63, 3.8) is 0 Å². The van der Waals surface area contributed by atoms with Crippen molar-refractivity contribution in [1.82, 2.24) is 28.3 Å². The topological polar surface area (TPSA) is 152 Å². The lowest BCUT2D eigenvalue weighted by atomic mass is 9.71. The van der Waals surface area contributed by atoms with E-state index in [1.807, 2.05) is 62.4 Å². The number of piperidine rings is 1. The first-order valence-corrected chi connectivity index (χ1v) is 25.5. The van der Waals surface area contributed by atoms with E-state index in [9.17, 15) is 23.1 Å². The molecule has 4 aromatic carbocycles. The Morgan fingerprint density at radius 3 is 2.19 bits per heavy atom. The number of hydrogen-bond acceptors (Lipinski definition) is 10. The van der Waals surface area contributed by atoms with Gasteiger partial charge in [-0.3, -0.25) is 9.69 Å². The van der Waals surface area contributed by atoms with Gasteiger partial charge in [0.15, 0.2) is 6.29 Å². The molecule has 69 heavy (non-hydrogen) atoms. The molecule has 3 saturated heterocycles. The van der Waals surface area contributed by atoms with Crippen LogP contribution in [0.15, 0.2) is 131 Å². The number of benzene rings is 4. The molecule has 10 rings (SSSR count). The fourth-order valence-corrected chi connectivity index (χ4v) is 12.2. The van der Waals surface area contributed by atoms with Crippen LogP contribution in [0, 0.1) is 6.92 Å². The standard InChI is InChI=1S/C54H59N7O7S/c1-36-18-21-43(22-19-36)69(65,66)61-29-26-44-46(34-57(4)51(62)49(44)61)39-20-23-47-45(31-39)50(56-52(55-47)58-27-24-42(25-28-58)59-32-38(3)60(53(63)64)33-37(59)2)54(40-13-7-5-8-14-40,41-15-9-6-10-16-41)35-68-48-17-11-12-30-67-48/h5-10,13-16,18-23,26,29,31,34,37-38,42,48H,11-12,17,24-25,27-28,30,32-33,35H2,1-4H3,(H,63,64)/t37-,38+,48?/m0/s1. The highest BCUT2D eigenvalue weighted by Crippen LogP contribution is 2.44. The maximum atomic E-state index is 14.2. The number of carboxylic acid groups (broad SMARTS) is 1. The average molecular weight is 950 g/mol. The number of amides is 1. The summed E-state index contributed by atoms with van der Waals surface area (Å²) in [6, 6.07) is 35.4. The highest BCUT2D eigenvalue weighted by atomic mass is 32.2. The van der Waals surface area contributed by atoms with Gasteiger partial charge in [-0.25, -0.2) is 27.2 Å². The number of aromatic nitrogens is 4. The lowest BCUT2D eigenvalue weighted by molar-refractivity contribution is -0.167. The molecule has 1 amide bonds. The smallest absolute Gasteiger partial charge is 0.407 e. The van der Waals surface area contributed by atoms with Gasteiger partial charge in [-0.2, -0.15) is 0 Å². The number of piperazine rings is 1. The summed E-state index contributed by atoms with van der Waals surface area (Å²) >= 11 is 0. The number of rotatable bonds is 11. The molecular weight excluding hydrogens is 891 g/mol. The first-order valence-electron chi connectivity index (χ1n) is 24.0. The van der Waals surface area contributed by atoms with E-state index in [-0.39, 0.29) is 35.1 Å². The Kier molecular flexibility index (Phi) is 12.7. The van der Waals surface area contributed by atoms with Gasteiger partial charge in [-0.15, -0.1) is 0 Å². The maximum Gasteiger partial charge on any atom is 0.407 e. The van der Waals surface area contributed by atoms with Gasteiger partial charge >= 0.3 is 6.09 Å². The van der Waals surface area contributed by atoms with Crippen LogP contribution in [-0.2, 0) is 32.0 Å². The molecular formula is C54H59N7O7S. The Bertz CT molecular complexity index is 3130. The zero-order valence-electron chi connectivity index (χ0n) is 39.6. The van der Waals surface area contributed by atoms with Gasteiger partial charge in [-0.05, 0) is 99.9 Å². The van der Waals surface area contributed by atoms with Crippen molar-refractivity contribution >= 4 is 43.9 Å². The number of pyridine rings is 1.